The van der Waals surface area contributed by atoms with E-state index in [0.717, 1.165) is 28.3 Å². The lowest BCUT2D eigenvalue weighted by Gasteiger charge is -2.06. The Hall–Kier alpha value is -0.350. The van der Waals surface area contributed by atoms with Gasteiger partial charge in [0.15, 0.2) is 0 Å². The fraction of sp³-hybridized carbons (Fsp3) is 0.364. The Morgan fingerprint density at radius 1 is 1.27 bits per heavy atom. The number of carbonyl (C=O) groups excluding carboxylic acids is 1. The number of hydrogen-bond donors (Lipinski definition) is 1. The van der Waals surface area contributed by atoms with Crippen LogP contribution in [0, 0.1) is 0 Å². The summed E-state index contributed by atoms with van der Waals surface area (Å²) in [6.45, 7) is 0. The Labute approximate surface area is 107 Å². The summed E-state index contributed by atoms with van der Waals surface area (Å²) in [5.74, 6) is 0.0721. The molecule has 1 aromatic carbocycles. The third-order valence-electron chi connectivity index (χ3n) is 1.94. The van der Waals surface area contributed by atoms with Gasteiger partial charge in [-0.05, 0) is 40.9 Å². The standard InChI is InChI=1S/C11H13Br2NO/c12-8-4-3-7-11(15)14-10-6-2-1-5-9(10)13/h1-2,5-6H,3-4,7-8H2,(H,14,15). The lowest BCUT2D eigenvalue weighted by molar-refractivity contribution is -0.116. The van der Waals surface area contributed by atoms with Gasteiger partial charge in [-0.1, -0.05) is 28.1 Å². The smallest absolute Gasteiger partial charge is 0.224 e. The van der Waals surface area contributed by atoms with E-state index in [9.17, 15) is 4.79 Å². The summed E-state index contributed by atoms with van der Waals surface area (Å²) in [5.41, 5.74) is 0.835. The zero-order valence-corrected chi connectivity index (χ0v) is 11.5. The van der Waals surface area contributed by atoms with Gasteiger partial charge in [-0.3, -0.25) is 4.79 Å². The molecule has 0 bridgehead atoms. The maximum Gasteiger partial charge on any atom is 0.224 e. The van der Waals surface area contributed by atoms with Crippen molar-refractivity contribution in [3.05, 3.63) is 28.7 Å². The molecule has 0 unspecified atom stereocenters. The second kappa shape index (κ2) is 7.01. The molecule has 0 spiro atoms. The first-order valence-electron chi connectivity index (χ1n) is 4.84. The monoisotopic (exact) mass is 333 g/mol. The molecule has 0 fully saturated rings. The van der Waals surface area contributed by atoms with Crippen molar-refractivity contribution >= 4 is 43.5 Å². The molecular weight excluding hydrogens is 322 g/mol. The summed E-state index contributed by atoms with van der Waals surface area (Å²) in [6, 6.07) is 7.62. The van der Waals surface area contributed by atoms with Crippen LogP contribution in [0.15, 0.2) is 28.7 Å². The third-order valence-corrected chi connectivity index (χ3v) is 3.19. The van der Waals surface area contributed by atoms with Crippen LogP contribution in [-0.4, -0.2) is 11.2 Å². The minimum Gasteiger partial charge on any atom is -0.325 e. The molecule has 0 aliphatic carbocycles. The Morgan fingerprint density at radius 3 is 2.67 bits per heavy atom. The van der Waals surface area contributed by atoms with Gasteiger partial charge in [-0.15, -0.1) is 0 Å². The first-order chi connectivity index (χ1) is 7.24. The zero-order chi connectivity index (χ0) is 11.1. The van der Waals surface area contributed by atoms with Gasteiger partial charge in [0, 0.05) is 16.2 Å². The predicted octanol–water partition coefficient (Wildman–Crippen LogP) is 3.95. The molecule has 82 valence electrons. The van der Waals surface area contributed by atoms with Crippen LogP contribution in [0.5, 0.6) is 0 Å². The van der Waals surface area contributed by atoms with Gasteiger partial charge >= 0.3 is 0 Å². The Bertz CT molecular complexity index is 328. The van der Waals surface area contributed by atoms with Gasteiger partial charge < -0.3 is 5.32 Å². The van der Waals surface area contributed by atoms with E-state index in [4.69, 9.17) is 0 Å². The number of alkyl halides is 1. The largest absolute Gasteiger partial charge is 0.325 e. The minimum atomic E-state index is 0.0721. The second-order valence-corrected chi connectivity index (χ2v) is 4.82. The molecule has 0 heterocycles. The van der Waals surface area contributed by atoms with Crippen LogP contribution in [0.2, 0.25) is 0 Å². The van der Waals surface area contributed by atoms with Crippen LogP contribution >= 0.6 is 31.9 Å². The van der Waals surface area contributed by atoms with Gasteiger partial charge in [-0.25, -0.2) is 0 Å². The number of unbranched alkanes of at least 4 members (excludes halogenated alkanes) is 1. The number of para-hydroxylation sites is 1. The average molecular weight is 335 g/mol. The van der Waals surface area contributed by atoms with Crippen LogP contribution in [0.4, 0.5) is 5.69 Å². The summed E-state index contributed by atoms with van der Waals surface area (Å²) >= 11 is 6.72. The molecule has 1 aromatic rings. The number of amides is 1. The average Bonchev–Trinajstić information content (AvgIpc) is 2.22. The third kappa shape index (κ3) is 4.80. The van der Waals surface area contributed by atoms with Gasteiger partial charge in [0.2, 0.25) is 5.91 Å². The van der Waals surface area contributed by atoms with Gasteiger partial charge in [-0.2, -0.15) is 0 Å². The fourth-order valence-corrected chi connectivity index (χ4v) is 1.94. The van der Waals surface area contributed by atoms with E-state index in [1.54, 1.807) is 0 Å². The first kappa shape index (κ1) is 12.7. The highest BCUT2D eigenvalue weighted by molar-refractivity contribution is 9.10. The minimum absolute atomic E-state index is 0.0721. The topological polar surface area (TPSA) is 29.1 Å². The van der Waals surface area contributed by atoms with Crippen LogP contribution in [-0.2, 0) is 4.79 Å². The molecule has 2 nitrogen and oxygen atoms in total. The van der Waals surface area contributed by atoms with Gasteiger partial charge in [0.05, 0.1) is 5.69 Å². The highest BCUT2D eigenvalue weighted by Crippen LogP contribution is 2.21. The molecule has 15 heavy (non-hydrogen) atoms. The Balaban J connectivity index is 2.41. The first-order valence-corrected chi connectivity index (χ1v) is 6.76. The van der Waals surface area contributed by atoms with E-state index in [2.05, 4.69) is 37.2 Å². The van der Waals surface area contributed by atoms with E-state index in [1.807, 2.05) is 24.3 Å². The van der Waals surface area contributed by atoms with Crippen molar-refractivity contribution in [1.29, 1.82) is 0 Å². The van der Waals surface area contributed by atoms with Crippen LogP contribution in [0.25, 0.3) is 0 Å². The van der Waals surface area contributed by atoms with E-state index in [0.29, 0.717) is 6.42 Å². The second-order valence-electron chi connectivity index (χ2n) is 3.17. The highest BCUT2D eigenvalue weighted by atomic mass is 79.9. The number of hydrogen-bond acceptors (Lipinski definition) is 1. The number of nitrogens with one attached hydrogen (secondary N) is 1. The summed E-state index contributed by atoms with van der Waals surface area (Å²) in [4.78, 5) is 11.5. The zero-order valence-electron chi connectivity index (χ0n) is 8.30. The van der Waals surface area contributed by atoms with E-state index < -0.39 is 0 Å². The van der Waals surface area contributed by atoms with Crippen molar-refractivity contribution in [3.8, 4) is 0 Å². The molecule has 1 rings (SSSR count). The van der Waals surface area contributed by atoms with Crippen molar-refractivity contribution in [2.24, 2.45) is 0 Å². The quantitative estimate of drug-likeness (QED) is 0.641. The highest BCUT2D eigenvalue weighted by Gasteiger charge is 2.03. The SMILES string of the molecule is O=C(CCCCBr)Nc1ccccc1Br. The normalized spacial score (nSPS) is 10.0. The summed E-state index contributed by atoms with van der Waals surface area (Å²) in [5, 5.41) is 3.82. The van der Waals surface area contributed by atoms with Crippen molar-refractivity contribution in [2.45, 2.75) is 19.3 Å². The van der Waals surface area contributed by atoms with Gasteiger partial charge in [0.25, 0.3) is 0 Å². The summed E-state index contributed by atoms with van der Waals surface area (Å²) in [7, 11) is 0. The molecule has 0 saturated heterocycles. The van der Waals surface area contributed by atoms with E-state index in [-0.39, 0.29) is 5.91 Å². The maximum atomic E-state index is 11.5. The predicted molar refractivity (Wildman–Crippen MR) is 70.4 cm³/mol. The van der Waals surface area contributed by atoms with Crippen LogP contribution in [0.1, 0.15) is 19.3 Å². The summed E-state index contributed by atoms with van der Waals surface area (Å²) < 4.78 is 0.916. The molecule has 0 aliphatic heterocycles. The van der Waals surface area contributed by atoms with Crippen LogP contribution in [0.3, 0.4) is 0 Å². The molecule has 0 atom stereocenters. The molecule has 1 N–H and O–H groups in total. The Kier molecular flexibility index (Phi) is 5.95. The molecule has 4 heteroatoms. The molecule has 1 amide bonds. The van der Waals surface area contributed by atoms with Crippen molar-refractivity contribution in [1.82, 2.24) is 0 Å². The lowest BCUT2D eigenvalue weighted by Crippen LogP contribution is -2.11. The number of benzene rings is 1. The summed E-state index contributed by atoms with van der Waals surface area (Å²) in [6.07, 6.45) is 2.53. The van der Waals surface area contributed by atoms with E-state index >= 15 is 0 Å². The number of carbonyl (C=O) groups is 1. The lowest BCUT2D eigenvalue weighted by atomic mass is 10.2. The maximum absolute atomic E-state index is 11.5. The molecule has 0 saturated carbocycles. The number of rotatable bonds is 5. The molecular formula is C11H13Br2NO. The fourth-order valence-electron chi connectivity index (χ4n) is 1.16. The molecule has 0 aliphatic rings. The Morgan fingerprint density at radius 2 is 2.00 bits per heavy atom. The molecule has 0 radical (unpaired) electrons. The molecule has 0 aromatic heterocycles. The number of halogens is 2. The van der Waals surface area contributed by atoms with Crippen LogP contribution < -0.4 is 5.32 Å². The van der Waals surface area contributed by atoms with Crippen molar-refractivity contribution in [2.75, 3.05) is 10.6 Å². The van der Waals surface area contributed by atoms with Gasteiger partial charge in [0.1, 0.15) is 0 Å². The van der Waals surface area contributed by atoms with Crippen molar-refractivity contribution in [3.63, 3.8) is 0 Å². The van der Waals surface area contributed by atoms with Crippen molar-refractivity contribution < 1.29 is 4.79 Å². The van der Waals surface area contributed by atoms with E-state index in [1.165, 1.54) is 0 Å². The number of anilines is 1.